The Morgan fingerprint density at radius 1 is 0.966 bits per heavy atom. The van der Waals surface area contributed by atoms with Crippen LogP contribution in [0.15, 0.2) is 41.3 Å². The van der Waals surface area contributed by atoms with Crippen molar-refractivity contribution in [2.75, 3.05) is 11.4 Å². The van der Waals surface area contributed by atoms with E-state index in [4.69, 9.17) is 0 Å². The smallest absolute Gasteiger partial charge is 0.241 e. The zero-order chi connectivity index (χ0) is 20.6. The van der Waals surface area contributed by atoms with Gasteiger partial charge in [0.25, 0.3) is 0 Å². The maximum absolute atomic E-state index is 13.0. The summed E-state index contributed by atoms with van der Waals surface area (Å²) < 4.78 is 28.9. The Hall–Kier alpha value is -2.18. The van der Waals surface area contributed by atoms with Crippen molar-refractivity contribution in [3.05, 3.63) is 58.7 Å². The largest absolute Gasteiger partial charge is 0.312 e. The third kappa shape index (κ3) is 4.09. The topological polar surface area (TPSA) is 66.5 Å². The molecule has 1 atom stereocenters. The minimum Gasteiger partial charge on any atom is -0.312 e. The molecule has 0 saturated carbocycles. The highest BCUT2D eigenvalue weighted by molar-refractivity contribution is 7.89. The number of rotatable bonds is 4. The highest BCUT2D eigenvalue weighted by atomic mass is 32.2. The van der Waals surface area contributed by atoms with E-state index in [0.717, 1.165) is 42.5 Å². The number of anilines is 1. The van der Waals surface area contributed by atoms with Gasteiger partial charge in [-0.05, 0) is 85.9 Å². The minimum atomic E-state index is -3.65. The molecule has 2 aromatic carbocycles. The molecule has 5 nitrogen and oxygen atoms in total. The number of aryl methyl sites for hydroxylation is 3. The van der Waals surface area contributed by atoms with E-state index in [-0.39, 0.29) is 16.8 Å². The summed E-state index contributed by atoms with van der Waals surface area (Å²) in [4.78, 5) is 13.8. The lowest BCUT2D eigenvalue weighted by Crippen LogP contribution is -2.34. The normalized spacial score (nSPS) is 17.4. The van der Waals surface area contributed by atoms with E-state index in [9.17, 15) is 13.2 Å². The molecular formula is C23H28N2O3S. The van der Waals surface area contributed by atoms with E-state index in [1.54, 1.807) is 30.0 Å². The van der Waals surface area contributed by atoms with Crippen LogP contribution in [0.5, 0.6) is 0 Å². The monoisotopic (exact) mass is 412 g/mol. The molecule has 1 amide bonds. The van der Waals surface area contributed by atoms with Crippen LogP contribution < -0.4 is 9.62 Å². The van der Waals surface area contributed by atoms with Crippen LogP contribution in [-0.4, -0.2) is 20.9 Å². The third-order valence-electron chi connectivity index (χ3n) is 6.06. The van der Waals surface area contributed by atoms with Crippen molar-refractivity contribution in [1.29, 1.82) is 0 Å². The van der Waals surface area contributed by atoms with Gasteiger partial charge >= 0.3 is 0 Å². The second-order valence-electron chi connectivity index (χ2n) is 8.14. The fraction of sp³-hybridized carbons (Fsp3) is 0.435. The fourth-order valence-electron chi connectivity index (χ4n) is 4.46. The van der Waals surface area contributed by atoms with E-state index >= 15 is 0 Å². The van der Waals surface area contributed by atoms with Crippen LogP contribution >= 0.6 is 0 Å². The van der Waals surface area contributed by atoms with Gasteiger partial charge in [-0.3, -0.25) is 4.79 Å². The molecular weight excluding hydrogens is 384 g/mol. The number of amides is 1. The van der Waals surface area contributed by atoms with Gasteiger partial charge in [0, 0.05) is 25.2 Å². The quantitative estimate of drug-likeness (QED) is 0.828. The number of fused-ring (bicyclic) bond motifs is 2. The molecule has 1 N–H and O–H groups in total. The second kappa shape index (κ2) is 7.92. The lowest BCUT2D eigenvalue weighted by atomic mass is 9.89. The Morgan fingerprint density at radius 3 is 2.45 bits per heavy atom. The molecule has 1 aliphatic heterocycles. The summed E-state index contributed by atoms with van der Waals surface area (Å²) in [6, 6.07) is 11.1. The lowest BCUT2D eigenvalue weighted by Gasteiger charge is -2.29. The standard InChI is InChI=1S/C23H28N2O3S/c1-16(19-10-9-18-6-3-4-7-20(18)14-19)24-29(27,28)22-11-12-23-21(15-22)8-5-13-25(23)17(2)26/h9-12,14-16,24H,3-8,13H2,1-2H3/t16-/m0/s1. The van der Waals surface area contributed by atoms with Crippen LogP contribution in [0.3, 0.4) is 0 Å². The van der Waals surface area contributed by atoms with Gasteiger partial charge < -0.3 is 4.90 Å². The van der Waals surface area contributed by atoms with E-state index in [1.807, 2.05) is 13.0 Å². The number of benzene rings is 2. The summed E-state index contributed by atoms with van der Waals surface area (Å²) in [5, 5.41) is 0. The summed E-state index contributed by atoms with van der Waals surface area (Å²) >= 11 is 0. The molecule has 0 unspecified atom stereocenters. The molecule has 0 bridgehead atoms. The summed E-state index contributed by atoms with van der Waals surface area (Å²) in [7, 11) is -3.65. The number of nitrogens with zero attached hydrogens (tertiary/aromatic N) is 1. The average molecular weight is 413 g/mol. The number of hydrogen-bond donors (Lipinski definition) is 1. The van der Waals surface area contributed by atoms with Crippen LogP contribution in [0, 0.1) is 0 Å². The van der Waals surface area contributed by atoms with Crippen molar-refractivity contribution in [1.82, 2.24) is 4.72 Å². The molecule has 0 fully saturated rings. The molecule has 0 saturated heterocycles. The fourth-order valence-corrected chi connectivity index (χ4v) is 5.74. The van der Waals surface area contributed by atoms with Gasteiger partial charge in [-0.15, -0.1) is 0 Å². The van der Waals surface area contributed by atoms with Gasteiger partial charge in [0.05, 0.1) is 4.90 Å². The molecule has 2 aromatic rings. The summed E-state index contributed by atoms with van der Waals surface area (Å²) in [5.74, 6) is -0.0132. The van der Waals surface area contributed by atoms with Crippen LogP contribution in [0.25, 0.3) is 0 Å². The third-order valence-corrected chi connectivity index (χ3v) is 7.60. The molecule has 0 spiro atoms. The molecule has 0 radical (unpaired) electrons. The Balaban J connectivity index is 1.56. The van der Waals surface area contributed by atoms with Gasteiger partial charge in [-0.25, -0.2) is 13.1 Å². The SMILES string of the molecule is CC(=O)N1CCCc2cc(S(=O)(=O)N[C@@H](C)c3ccc4c(c3)CCCC4)ccc21. The molecule has 6 heteroatoms. The van der Waals surface area contributed by atoms with Crippen molar-refractivity contribution < 1.29 is 13.2 Å². The maximum atomic E-state index is 13.0. The number of nitrogens with one attached hydrogen (secondary N) is 1. The van der Waals surface area contributed by atoms with Crippen LogP contribution in [0.2, 0.25) is 0 Å². The number of sulfonamides is 1. The van der Waals surface area contributed by atoms with E-state index < -0.39 is 10.0 Å². The molecule has 154 valence electrons. The zero-order valence-corrected chi connectivity index (χ0v) is 17.9. The van der Waals surface area contributed by atoms with Crippen molar-refractivity contribution in [3.8, 4) is 0 Å². The second-order valence-corrected chi connectivity index (χ2v) is 9.86. The molecule has 2 aliphatic rings. The number of carbonyl (C=O) groups excluding carboxylic acids is 1. The average Bonchev–Trinajstić information content (AvgIpc) is 2.72. The highest BCUT2D eigenvalue weighted by Gasteiger charge is 2.24. The van der Waals surface area contributed by atoms with Crippen LogP contribution in [0.1, 0.15) is 61.4 Å². The van der Waals surface area contributed by atoms with Gasteiger partial charge in [0.2, 0.25) is 15.9 Å². The first-order valence-electron chi connectivity index (χ1n) is 10.4. The van der Waals surface area contributed by atoms with Gasteiger partial charge in [-0.2, -0.15) is 0 Å². The molecule has 1 heterocycles. The van der Waals surface area contributed by atoms with Crippen LogP contribution in [-0.2, 0) is 34.1 Å². The molecule has 1 aliphatic carbocycles. The minimum absolute atomic E-state index is 0.0132. The van der Waals surface area contributed by atoms with Crippen LogP contribution in [0.4, 0.5) is 5.69 Å². The Labute approximate surface area is 173 Å². The van der Waals surface area contributed by atoms with E-state index in [0.29, 0.717) is 6.54 Å². The maximum Gasteiger partial charge on any atom is 0.241 e. The number of hydrogen-bond acceptors (Lipinski definition) is 3. The first kappa shape index (κ1) is 20.1. The Bertz CT molecular complexity index is 1050. The van der Waals surface area contributed by atoms with Crippen molar-refractivity contribution in [2.45, 2.75) is 63.3 Å². The van der Waals surface area contributed by atoms with Crippen molar-refractivity contribution in [2.24, 2.45) is 0 Å². The predicted octanol–water partition coefficient (Wildman–Crippen LogP) is 3.90. The van der Waals surface area contributed by atoms with Crippen molar-refractivity contribution in [3.63, 3.8) is 0 Å². The predicted molar refractivity (Wildman–Crippen MR) is 115 cm³/mol. The lowest BCUT2D eigenvalue weighted by molar-refractivity contribution is -0.116. The van der Waals surface area contributed by atoms with Crippen molar-refractivity contribution >= 4 is 21.6 Å². The highest BCUT2D eigenvalue weighted by Crippen LogP contribution is 2.30. The zero-order valence-electron chi connectivity index (χ0n) is 17.1. The summed E-state index contributed by atoms with van der Waals surface area (Å²) in [6.07, 6.45) is 6.23. The van der Waals surface area contributed by atoms with E-state index in [2.05, 4.69) is 16.9 Å². The molecule has 29 heavy (non-hydrogen) atoms. The number of carbonyl (C=O) groups is 1. The van der Waals surface area contributed by atoms with Gasteiger partial charge in [0.1, 0.15) is 0 Å². The Kier molecular flexibility index (Phi) is 5.49. The van der Waals surface area contributed by atoms with Gasteiger partial charge in [0.15, 0.2) is 0 Å². The first-order chi connectivity index (χ1) is 13.8. The molecule has 0 aromatic heterocycles. The molecule has 4 rings (SSSR count). The summed E-state index contributed by atoms with van der Waals surface area (Å²) in [6.45, 7) is 4.11. The Morgan fingerprint density at radius 2 is 1.69 bits per heavy atom. The first-order valence-corrected chi connectivity index (χ1v) is 11.9. The summed E-state index contributed by atoms with van der Waals surface area (Å²) in [5.41, 5.74) is 5.47. The van der Waals surface area contributed by atoms with Gasteiger partial charge in [-0.1, -0.05) is 18.2 Å². The van der Waals surface area contributed by atoms with E-state index in [1.165, 1.54) is 24.0 Å².